The highest BCUT2D eigenvalue weighted by Crippen LogP contribution is 2.08. The predicted molar refractivity (Wildman–Crippen MR) is 98.3 cm³/mol. The highest BCUT2D eigenvalue weighted by molar-refractivity contribution is 9.10. The minimum Gasteiger partial charge on any atom is -0.481 e. The number of aromatic nitrogens is 1. The zero-order valence-electron chi connectivity index (χ0n) is 13.8. The number of carbonyl (C=O) groups is 3. The molecule has 0 unspecified atom stereocenters. The van der Waals surface area contributed by atoms with Gasteiger partial charge < -0.3 is 15.7 Å². The van der Waals surface area contributed by atoms with E-state index in [1.165, 1.54) is 6.20 Å². The molecule has 0 saturated heterocycles. The SMILES string of the molecule is O=C(O)CC[C@H](NC(=O)c1ccc(Br)nc1)C(=O)NCc1ccccc1. The molecule has 1 heterocycles. The van der Waals surface area contributed by atoms with Crippen molar-refractivity contribution in [1.82, 2.24) is 15.6 Å². The molecule has 7 nitrogen and oxygen atoms in total. The van der Waals surface area contributed by atoms with Crippen LogP contribution in [0, 0.1) is 0 Å². The number of carboxylic acids is 1. The monoisotopic (exact) mass is 419 g/mol. The van der Waals surface area contributed by atoms with Crippen LogP contribution in [0.5, 0.6) is 0 Å². The van der Waals surface area contributed by atoms with Crippen LogP contribution < -0.4 is 10.6 Å². The number of carboxylic acid groups (broad SMARTS) is 1. The number of hydrogen-bond donors (Lipinski definition) is 3. The number of nitrogens with one attached hydrogen (secondary N) is 2. The van der Waals surface area contributed by atoms with Gasteiger partial charge in [-0.3, -0.25) is 14.4 Å². The van der Waals surface area contributed by atoms with E-state index >= 15 is 0 Å². The van der Waals surface area contributed by atoms with Crippen molar-refractivity contribution in [3.63, 3.8) is 0 Å². The molecule has 1 aromatic heterocycles. The summed E-state index contributed by atoms with van der Waals surface area (Å²) in [7, 11) is 0. The second-order valence-corrected chi connectivity index (χ2v) is 6.34. The van der Waals surface area contributed by atoms with Gasteiger partial charge in [-0.25, -0.2) is 4.98 Å². The third-order valence-electron chi connectivity index (χ3n) is 3.57. The van der Waals surface area contributed by atoms with E-state index < -0.39 is 23.8 Å². The van der Waals surface area contributed by atoms with Crippen molar-refractivity contribution in [2.45, 2.75) is 25.4 Å². The zero-order valence-corrected chi connectivity index (χ0v) is 15.4. The first-order chi connectivity index (χ1) is 12.5. The number of aliphatic carboxylic acids is 1. The molecule has 0 fully saturated rings. The molecule has 0 radical (unpaired) electrons. The van der Waals surface area contributed by atoms with E-state index in [4.69, 9.17) is 5.11 Å². The summed E-state index contributed by atoms with van der Waals surface area (Å²) in [6.45, 7) is 0.291. The van der Waals surface area contributed by atoms with E-state index in [9.17, 15) is 14.4 Å². The average molecular weight is 420 g/mol. The number of halogens is 1. The molecule has 1 aromatic carbocycles. The van der Waals surface area contributed by atoms with Gasteiger partial charge in [-0.15, -0.1) is 0 Å². The minimum atomic E-state index is -1.04. The molecule has 1 atom stereocenters. The van der Waals surface area contributed by atoms with Gasteiger partial charge in [-0.05, 0) is 40.0 Å². The van der Waals surface area contributed by atoms with Crippen molar-refractivity contribution in [2.75, 3.05) is 0 Å². The normalized spacial score (nSPS) is 11.4. The first-order valence-electron chi connectivity index (χ1n) is 7.91. The van der Waals surface area contributed by atoms with Crippen LogP contribution in [-0.2, 0) is 16.1 Å². The number of amides is 2. The highest BCUT2D eigenvalue weighted by atomic mass is 79.9. The summed E-state index contributed by atoms with van der Waals surface area (Å²) in [4.78, 5) is 39.5. The predicted octanol–water partition coefficient (Wildman–Crippen LogP) is 2.12. The fourth-order valence-corrected chi connectivity index (χ4v) is 2.43. The standard InChI is InChI=1S/C18H18BrN3O4/c19-15-8-6-13(11-20-15)17(25)22-14(7-9-16(23)24)18(26)21-10-12-4-2-1-3-5-12/h1-6,8,11,14H,7,9-10H2,(H,21,26)(H,22,25)(H,23,24)/t14-/m0/s1. The summed E-state index contributed by atoms with van der Waals surface area (Å²) >= 11 is 3.18. The Bertz CT molecular complexity index is 766. The number of hydrogen-bond acceptors (Lipinski definition) is 4. The van der Waals surface area contributed by atoms with Crippen molar-refractivity contribution in [2.24, 2.45) is 0 Å². The van der Waals surface area contributed by atoms with Crippen molar-refractivity contribution in [3.05, 3.63) is 64.4 Å². The van der Waals surface area contributed by atoms with Crippen LogP contribution in [0.1, 0.15) is 28.8 Å². The molecule has 3 N–H and O–H groups in total. The summed E-state index contributed by atoms with van der Waals surface area (Å²) in [6, 6.07) is 11.5. The Balaban J connectivity index is 2.01. The molecule has 2 amide bonds. The minimum absolute atomic E-state index is 0.00828. The Hall–Kier alpha value is -2.74. The van der Waals surface area contributed by atoms with E-state index in [2.05, 4.69) is 31.5 Å². The summed E-state index contributed by atoms with van der Waals surface area (Å²) in [5.74, 6) is -1.96. The molecule has 0 aliphatic heterocycles. The maximum atomic E-state index is 12.4. The summed E-state index contributed by atoms with van der Waals surface area (Å²) in [5, 5.41) is 14.2. The molecule has 2 aromatic rings. The number of rotatable bonds is 8. The first-order valence-corrected chi connectivity index (χ1v) is 8.71. The lowest BCUT2D eigenvalue weighted by Crippen LogP contribution is -2.46. The summed E-state index contributed by atoms with van der Waals surface area (Å²) in [6.07, 6.45) is 1.13. The van der Waals surface area contributed by atoms with Gasteiger partial charge in [0, 0.05) is 19.2 Å². The largest absolute Gasteiger partial charge is 0.481 e. The lowest BCUT2D eigenvalue weighted by atomic mass is 10.1. The van der Waals surface area contributed by atoms with Crippen LogP contribution >= 0.6 is 15.9 Å². The summed E-state index contributed by atoms with van der Waals surface area (Å²) in [5.41, 5.74) is 1.19. The van der Waals surface area contributed by atoms with Gasteiger partial charge in [-0.2, -0.15) is 0 Å². The molecule has 0 aliphatic carbocycles. The molecule has 136 valence electrons. The van der Waals surface area contributed by atoms with Crippen molar-refractivity contribution in [1.29, 1.82) is 0 Å². The second-order valence-electron chi connectivity index (χ2n) is 5.53. The quantitative estimate of drug-likeness (QED) is 0.567. The number of nitrogens with zero attached hydrogens (tertiary/aromatic N) is 1. The summed E-state index contributed by atoms with van der Waals surface area (Å²) < 4.78 is 0.581. The maximum absolute atomic E-state index is 12.4. The number of carbonyl (C=O) groups excluding carboxylic acids is 2. The van der Waals surface area contributed by atoms with Gasteiger partial charge >= 0.3 is 5.97 Å². The molecule has 8 heteroatoms. The van der Waals surface area contributed by atoms with E-state index in [1.807, 2.05) is 30.3 Å². The second kappa shape index (κ2) is 9.67. The molecule has 0 bridgehead atoms. The highest BCUT2D eigenvalue weighted by Gasteiger charge is 2.22. The van der Waals surface area contributed by atoms with E-state index in [0.717, 1.165) is 5.56 Å². The van der Waals surface area contributed by atoms with Crippen LogP contribution in [-0.4, -0.2) is 33.9 Å². The zero-order chi connectivity index (χ0) is 18.9. The van der Waals surface area contributed by atoms with Crippen LogP contribution in [0.4, 0.5) is 0 Å². The van der Waals surface area contributed by atoms with E-state index in [-0.39, 0.29) is 18.4 Å². The smallest absolute Gasteiger partial charge is 0.303 e. The van der Waals surface area contributed by atoms with Crippen molar-refractivity contribution in [3.8, 4) is 0 Å². The van der Waals surface area contributed by atoms with Gasteiger partial charge in [0.2, 0.25) is 5.91 Å². The van der Waals surface area contributed by atoms with Crippen LogP contribution in [0.15, 0.2) is 53.3 Å². The topological polar surface area (TPSA) is 108 Å². The molecule has 26 heavy (non-hydrogen) atoms. The molecule has 0 aliphatic rings. The third kappa shape index (κ3) is 6.29. The van der Waals surface area contributed by atoms with Crippen LogP contribution in [0.25, 0.3) is 0 Å². The Morgan fingerprint density at radius 1 is 1.12 bits per heavy atom. The van der Waals surface area contributed by atoms with Gasteiger partial charge in [0.15, 0.2) is 0 Å². The number of benzene rings is 1. The fraction of sp³-hybridized carbons (Fsp3) is 0.222. The molecular formula is C18H18BrN3O4. The van der Waals surface area contributed by atoms with Gasteiger partial charge in [0.05, 0.1) is 5.56 Å². The molecule has 0 spiro atoms. The van der Waals surface area contributed by atoms with Crippen molar-refractivity contribution >= 4 is 33.7 Å². The Kier molecular flexibility index (Phi) is 7.28. The Morgan fingerprint density at radius 3 is 2.46 bits per heavy atom. The molecule has 2 rings (SSSR count). The van der Waals surface area contributed by atoms with E-state index in [0.29, 0.717) is 11.1 Å². The van der Waals surface area contributed by atoms with Crippen LogP contribution in [0.3, 0.4) is 0 Å². The molecule has 0 saturated carbocycles. The average Bonchev–Trinajstić information content (AvgIpc) is 2.64. The van der Waals surface area contributed by atoms with Crippen LogP contribution in [0.2, 0.25) is 0 Å². The Labute approximate surface area is 159 Å². The third-order valence-corrected chi connectivity index (χ3v) is 4.04. The lowest BCUT2D eigenvalue weighted by molar-refractivity contribution is -0.137. The maximum Gasteiger partial charge on any atom is 0.303 e. The Morgan fingerprint density at radius 2 is 1.85 bits per heavy atom. The van der Waals surface area contributed by atoms with Gasteiger partial charge in [0.1, 0.15) is 10.6 Å². The molecular weight excluding hydrogens is 402 g/mol. The van der Waals surface area contributed by atoms with Gasteiger partial charge in [0.25, 0.3) is 5.91 Å². The van der Waals surface area contributed by atoms with Gasteiger partial charge in [-0.1, -0.05) is 30.3 Å². The van der Waals surface area contributed by atoms with Crippen molar-refractivity contribution < 1.29 is 19.5 Å². The first kappa shape index (κ1) is 19.6. The van der Waals surface area contributed by atoms with E-state index in [1.54, 1.807) is 12.1 Å². The fourth-order valence-electron chi connectivity index (χ4n) is 2.20. The lowest BCUT2D eigenvalue weighted by Gasteiger charge is -2.18. The number of pyridine rings is 1.